The zero-order valence-electron chi connectivity index (χ0n) is 20.3. The van der Waals surface area contributed by atoms with Crippen molar-refractivity contribution in [1.82, 2.24) is 9.47 Å². The fourth-order valence-electron chi connectivity index (χ4n) is 4.54. The molecule has 36 heavy (non-hydrogen) atoms. The van der Waals surface area contributed by atoms with E-state index in [1.807, 2.05) is 18.2 Å². The summed E-state index contributed by atoms with van der Waals surface area (Å²) in [6, 6.07) is 17.3. The van der Waals surface area contributed by atoms with Gasteiger partial charge < -0.3 is 29.0 Å². The Kier molecular flexibility index (Phi) is 7.08. The normalized spacial score (nSPS) is 15.4. The molecule has 0 radical (unpaired) electrons. The number of para-hydroxylation sites is 1. The summed E-state index contributed by atoms with van der Waals surface area (Å²) >= 11 is 0. The van der Waals surface area contributed by atoms with Gasteiger partial charge in [-0.3, -0.25) is 14.5 Å². The van der Waals surface area contributed by atoms with Crippen LogP contribution in [0, 0.1) is 0 Å². The van der Waals surface area contributed by atoms with Crippen LogP contribution in [-0.2, 0) is 17.9 Å². The first-order valence-corrected chi connectivity index (χ1v) is 12.1. The zero-order chi connectivity index (χ0) is 24.9. The molecule has 3 heterocycles. The molecule has 0 bridgehead atoms. The number of carbonyl (C=O) groups is 1. The van der Waals surface area contributed by atoms with E-state index in [2.05, 4.69) is 27.2 Å². The van der Waals surface area contributed by atoms with Crippen LogP contribution in [0.25, 0.3) is 0 Å². The fourth-order valence-corrected chi connectivity index (χ4v) is 4.54. The maximum atomic E-state index is 12.9. The summed E-state index contributed by atoms with van der Waals surface area (Å²) in [7, 11) is 1.46. The predicted molar refractivity (Wildman–Crippen MR) is 137 cm³/mol. The van der Waals surface area contributed by atoms with Crippen LogP contribution in [0.4, 0.5) is 11.4 Å². The number of amides is 1. The average molecular weight is 491 g/mol. The molecule has 2 aliphatic rings. The van der Waals surface area contributed by atoms with Gasteiger partial charge in [0.2, 0.25) is 11.3 Å². The largest absolute Gasteiger partial charge is 0.491 e. The summed E-state index contributed by atoms with van der Waals surface area (Å²) < 4.78 is 18.2. The minimum absolute atomic E-state index is 0.0460. The van der Waals surface area contributed by atoms with Crippen molar-refractivity contribution in [1.29, 1.82) is 0 Å². The van der Waals surface area contributed by atoms with Gasteiger partial charge in [-0.2, -0.15) is 0 Å². The van der Waals surface area contributed by atoms with Crippen LogP contribution in [0.15, 0.2) is 65.6 Å². The molecule has 0 saturated carbocycles. The molecule has 2 aromatic carbocycles. The summed E-state index contributed by atoms with van der Waals surface area (Å²) in [6.07, 6.45) is 1.61. The van der Waals surface area contributed by atoms with Gasteiger partial charge in [-0.15, -0.1) is 0 Å². The average Bonchev–Trinajstić information content (AvgIpc) is 2.91. The topological polar surface area (TPSA) is 85.3 Å². The molecule has 0 spiro atoms. The van der Waals surface area contributed by atoms with Crippen molar-refractivity contribution >= 4 is 17.3 Å². The smallest absolute Gasteiger partial charge is 0.244 e. The van der Waals surface area contributed by atoms with E-state index < -0.39 is 0 Å². The van der Waals surface area contributed by atoms with Crippen molar-refractivity contribution in [2.24, 2.45) is 0 Å². The molecule has 3 aromatic rings. The number of nitrogens with zero attached hydrogens (tertiary/aromatic N) is 3. The number of hydrogen-bond acceptors (Lipinski definition) is 7. The molecule has 1 amide bonds. The van der Waals surface area contributed by atoms with Gasteiger partial charge in [0.25, 0.3) is 0 Å². The molecule has 5 rings (SSSR count). The number of rotatable bonds is 7. The Labute approximate surface area is 209 Å². The minimum atomic E-state index is -0.215. The maximum absolute atomic E-state index is 12.9. The number of anilines is 2. The van der Waals surface area contributed by atoms with E-state index in [1.165, 1.54) is 12.8 Å². The molecule has 0 atom stereocenters. The third-order valence-corrected chi connectivity index (χ3v) is 6.42. The Balaban J connectivity index is 1.27. The molecule has 0 aliphatic carbocycles. The summed E-state index contributed by atoms with van der Waals surface area (Å²) in [5.74, 6) is 1.27. The summed E-state index contributed by atoms with van der Waals surface area (Å²) in [6.45, 7) is 5.12. The number of piperazine rings is 1. The first-order valence-electron chi connectivity index (χ1n) is 12.1. The number of ether oxygens (including phenoxy) is 3. The molecule has 1 saturated heterocycles. The van der Waals surface area contributed by atoms with E-state index >= 15 is 0 Å². The predicted octanol–water partition coefficient (Wildman–Crippen LogP) is 2.59. The molecule has 9 nitrogen and oxygen atoms in total. The standard InChI is InChI=1S/C27H30N4O5/c1-34-26-18-31(19-27(33)28-20-7-8-24-25(15-20)36-14-13-35-24)22(16-23(26)32)17-29-9-11-30(12-10-29)21-5-3-2-4-6-21/h2-8,15-16,18H,9-14,17,19H2,1H3,(H,28,33). The first-order chi connectivity index (χ1) is 17.6. The lowest BCUT2D eigenvalue weighted by molar-refractivity contribution is -0.116. The highest BCUT2D eigenvalue weighted by Gasteiger charge is 2.20. The lowest BCUT2D eigenvalue weighted by Gasteiger charge is -2.36. The Hall–Kier alpha value is -3.98. The third kappa shape index (κ3) is 5.46. The van der Waals surface area contributed by atoms with E-state index in [4.69, 9.17) is 14.2 Å². The fraction of sp³-hybridized carbons (Fsp3) is 0.333. The van der Waals surface area contributed by atoms with Crippen LogP contribution < -0.4 is 29.9 Å². The van der Waals surface area contributed by atoms with E-state index in [0.29, 0.717) is 36.9 Å². The van der Waals surface area contributed by atoms with Crippen molar-refractivity contribution in [3.05, 3.63) is 76.7 Å². The zero-order valence-corrected chi connectivity index (χ0v) is 20.3. The highest BCUT2D eigenvalue weighted by molar-refractivity contribution is 5.91. The second kappa shape index (κ2) is 10.7. The molecule has 1 aromatic heterocycles. The summed E-state index contributed by atoms with van der Waals surface area (Å²) in [5, 5.41) is 2.91. The number of aromatic nitrogens is 1. The molecule has 2 aliphatic heterocycles. The van der Waals surface area contributed by atoms with Crippen LogP contribution in [0.5, 0.6) is 17.2 Å². The number of carbonyl (C=O) groups excluding carboxylic acids is 1. The molecule has 1 N–H and O–H groups in total. The lowest BCUT2D eigenvalue weighted by Crippen LogP contribution is -2.46. The van der Waals surface area contributed by atoms with Crippen LogP contribution >= 0.6 is 0 Å². The quantitative estimate of drug-likeness (QED) is 0.545. The maximum Gasteiger partial charge on any atom is 0.244 e. The second-order valence-corrected chi connectivity index (χ2v) is 8.83. The van der Waals surface area contributed by atoms with Gasteiger partial charge in [0, 0.05) is 61.9 Å². The Bertz CT molecular complexity index is 1270. The van der Waals surface area contributed by atoms with Crippen molar-refractivity contribution in [2.45, 2.75) is 13.1 Å². The Morgan fingerprint density at radius 3 is 2.47 bits per heavy atom. The molecular formula is C27H30N4O5. The van der Waals surface area contributed by atoms with Gasteiger partial charge >= 0.3 is 0 Å². The van der Waals surface area contributed by atoms with E-state index in [9.17, 15) is 9.59 Å². The minimum Gasteiger partial charge on any atom is -0.491 e. The van der Waals surface area contributed by atoms with Crippen molar-refractivity contribution < 1.29 is 19.0 Å². The third-order valence-electron chi connectivity index (χ3n) is 6.42. The molecule has 0 unspecified atom stereocenters. The van der Waals surface area contributed by atoms with Crippen LogP contribution in [0.1, 0.15) is 5.69 Å². The van der Waals surface area contributed by atoms with E-state index in [0.717, 1.165) is 31.9 Å². The van der Waals surface area contributed by atoms with Crippen molar-refractivity contribution in [3.63, 3.8) is 0 Å². The van der Waals surface area contributed by atoms with Gasteiger partial charge in [-0.1, -0.05) is 18.2 Å². The van der Waals surface area contributed by atoms with Crippen molar-refractivity contribution in [2.75, 3.05) is 56.7 Å². The van der Waals surface area contributed by atoms with Crippen molar-refractivity contribution in [3.8, 4) is 17.2 Å². The number of fused-ring (bicyclic) bond motifs is 1. The number of hydrogen-bond donors (Lipinski definition) is 1. The van der Waals surface area contributed by atoms with Gasteiger partial charge in [0.05, 0.1) is 13.3 Å². The number of benzene rings is 2. The van der Waals surface area contributed by atoms with Gasteiger partial charge in [-0.25, -0.2) is 0 Å². The van der Waals surface area contributed by atoms with Crippen LogP contribution in [0.2, 0.25) is 0 Å². The highest BCUT2D eigenvalue weighted by Crippen LogP contribution is 2.32. The van der Waals surface area contributed by atoms with Gasteiger partial charge in [-0.05, 0) is 24.3 Å². The number of pyridine rings is 1. The molecule has 1 fully saturated rings. The Morgan fingerprint density at radius 2 is 1.72 bits per heavy atom. The molecule has 9 heteroatoms. The van der Waals surface area contributed by atoms with Gasteiger partial charge in [0.1, 0.15) is 19.8 Å². The van der Waals surface area contributed by atoms with Gasteiger partial charge in [0.15, 0.2) is 17.2 Å². The van der Waals surface area contributed by atoms with E-state index in [-0.39, 0.29) is 23.6 Å². The summed E-state index contributed by atoms with van der Waals surface area (Å²) in [4.78, 5) is 30.1. The highest BCUT2D eigenvalue weighted by atomic mass is 16.6. The first kappa shape index (κ1) is 23.7. The van der Waals surface area contributed by atoms with E-state index in [1.54, 1.807) is 35.0 Å². The SMILES string of the molecule is COc1cn(CC(=O)Nc2ccc3c(c2)OCCO3)c(CN2CCN(c3ccccc3)CC2)cc1=O. The second-order valence-electron chi connectivity index (χ2n) is 8.83. The summed E-state index contributed by atoms with van der Waals surface area (Å²) in [5.41, 5.74) is 2.41. The Morgan fingerprint density at radius 1 is 0.972 bits per heavy atom. The number of nitrogens with one attached hydrogen (secondary N) is 1. The lowest BCUT2D eigenvalue weighted by atomic mass is 10.2. The molecule has 188 valence electrons. The molecular weight excluding hydrogens is 460 g/mol. The van der Waals surface area contributed by atoms with Crippen LogP contribution in [-0.4, -0.2) is 61.9 Å². The monoisotopic (exact) mass is 490 g/mol. The van der Waals surface area contributed by atoms with Crippen LogP contribution in [0.3, 0.4) is 0 Å². The number of methoxy groups -OCH3 is 1.